The van der Waals surface area contributed by atoms with Crippen LogP contribution >= 0.6 is 0 Å². The molecule has 5 heteroatoms. The van der Waals surface area contributed by atoms with E-state index in [-0.39, 0.29) is 11.9 Å². The summed E-state index contributed by atoms with van der Waals surface area (Å²) >= 11 is 0. The van der Waals surface area contributed by atoms with Crippen molar-refractivity contribution in [3.63, 3.8) is 0 Å². The molecule has 0 aliphatic rings. The van der Waals surface area contributed by atoms with Gasteiger partial charge in [0.25, 0.3) is 0 Å². The van der Waals surface area contributed by atoms with Gasteiger partial charge in [0.05, 0.1) is 7.11 Å². The Hall–Kier alpha value is -2.56. The number of nitrogens with one attached hydrogen (secondary N) is 1. The first-order valence-electron chi connectivity index (χ1n) is 8.19. The number of methoxy groups -OCH3 is 1. The van der Waals surface area contributed by atoms with Crippen molar-refractivity contribution in [2.45, 2.75) is 25.8 Å². The summed E-state index contributed by atoms with van der Waals surface area (Å²) in [6.07, 6.45) is 3.24. The van der Waals surface area contributed by atoms with E-state index in [0.29, 0.717) is 13.0 Å². The van der Waals surface area contributed by atoms with Crippen LogP contribution in [-0.4, -0.2) is 42.5 Å². The van der Waals surface area contributed by atoms with Crippen molar-refractivity contribution in [1.29, 1.82) is 0 Å². The monoisotopic (exact) mass is 327 g/mol. The van der Waals surface area contributed by atoms with E-state index < -0.39 is 0 Å². The molecule has 1 aromatic carbocycles. The standard InChI is InChI=1S/C19H25N3O2/c1-4-18(21-16-9-7-10-17(14-16)24-3)19(23)22(2)13-11-15-8-5-6-12-20-15/h5-10,12,14,18,21H,4,11,13H2,1-3H3/t18-/m1/s1. The molecule has 1 heterocycles. The average Bonchev–Trinajstić information content (AvgIpc) is 2.64. The van der Waals surface area contributed by atoms with E-state index in [9.17, 15) is 4.79 Å². The summed E-state index contributed by atoms with van der Waals surface area (Å²) in [7, 11) is 3.47. The molecule has 1 amide bonds. The van der Waals surface area contributed by atoms with Crippen LogP contribution in [-0.2, 0) is 11.2 Å². The van der Waals surface area contributed by atoms with Gasteiger partial charge in [0.2, 0.25) is 5.91 Å². The van der Waals surface area contributed by atoms with Crippen molar-refractivity contribution in [3.8, 4) is 5.75 Å². The lowest BCUT2D eigenvalue weighted by Gasteiger charge is -2.24. The van der Waals surface area contributed by atoms with Gasteiger partial charge in [-0.3, -0.25) is 9.78 Å². The summed E-state index contributed by atoms with van der Waals surface area (Å²) in [5, 5.41) is 3.30. The molecule has 128 valence electrons. The second kappa shape index (κ2) is 8.91. The normalized spacial score (nSPS) is 11.6. The first-order chi connectivity index (χ1) is 11.6. The Morgan fingerprint density at radius 2 is 2.12 bits per heavy atom. The molecular formula is C19H25N3O2. The van der Waals surface area contributed by atoms with Crippen molar-refractivity contribution < 1.29 is 9.53 Å². The quantitative estimate of drug-likeness (QED) is 0.810. The summed E-state index contributed by atoms with van der Waals surface area (Å²) in [5.41, 5.74) is 1.87. The summed E-state index contributed by atoms with van der Waals surface area (Å²) in [5.74, 6) is 0.849. The lowest BCUT2D eigenvalue weighted by molar-refractivity contribution is -0.130. The Bertz CT molecular complexity index is 646. The van der Waals surface area contributed by atoms with Gasteiger partial charge < -0.3 is 15.0 Å². The highest BCUT2D eigenvalue weighted by molar-refractivity contribution is 5.84. The van der Waals surface area contributed by atoms with Crippen LogP contribution in [0.4, 0.5) is 5.69 Å². The number of rotatable bonds is 8. The smallest absolute Gasteiger partial charge is 0.244 e. The lowest BCUT2D eigenvalue weighted by Crippen LogP contribution is -2.41. The average molecular weight is 327 g/mol. The van der Waals surface area contributed by atoms with Gasteiger partial charge in [-0.1, -0.05) is 19.1 Å². The number of benzene rings is 1. The van der Waals surface area contributed by atoms with E-state index in [4.69, 9.17) is 4.74 Å². The predicted molar refractivity (Wildman–Crippen MR) is 96.3 cm³/mol. The van der Waals surface area contributed by atoms with E-state index in [2.05, 4.69) is 10.3 Å². The fourth-order valence-electron chi connectivity index (χ4n) is 2.46. The molecular weight excluding hydrogens is 302 g/mol. The first-order valence-corrected chi connectivity index (χ1v) is 8.19. The maximum absolute atomic E-state index is 12.7. The fourth-order valence-corrected chi connectivity index (χ4v) is 2.46. The fraction of sp³-hybridized carbons (Fsp3) is 0.368. The second-order valence-corrected chi connectivity index (χ2v) is 5.67. The molecule has 1 N–H and O–H groups in total. The molecule has 0 unspecified atom stereocenters. The molecule has 0 aliphatic carbocycles. The van der Waals surface area contributed by atoms with E-state index in [1.807, 2.05) is 56.4 Å². The maximum atomic E-state index is 12.7. The molecule has 0 saturated carbocycles. The van der Waals surface area contributed by atoms with Gasteiger partial charge in [-0.15, -0.1) is 0 Å². The Balaban J connectivity index is 1.94. The van der Waals surface area contributed by atoms with Crippen LogP contribution in [0.1, 0.15) is 19.0 Å². The second-order valence-electron chi connectivity index (χ2n) is 5.67. The Morgan fingerprint density at radius 1 is 1.29 bits per heavy atom. The molecule has 0 bridgehead atoms. The molecule has 0 fully saturated rings. The molecule has 5 nitrogen and oxygen atoms in total. The minimum absolute atomic E-state index is 0.0799. The van der Waals surface area contributed by atoms with Gasteiger partial charge in [-0.25, -0.2) is 0 Å². The van der Waals surface area contributed by atoms with Crippen LogP contribution < -0.4 is 10.1 Å². The van der Waals surface area contributed by atoms with E-state index in [0.717, 1.165) is 23.6 Å². The number of aromatic nitrogens is 1. The summed E-state index contributed by atoms with van der Waals surface area (Å²) in [6, 6.07) is 13.2. The van der Waals surface area contributed by atoms with Crippen LogP contribution in [0.2, 0.25) is 0 Å². The molecule has 2 aromatic rings. The van der Waals surface area contributed by atoms with Gasteiger partial charge in [0.15, 0.2) is 0 Å². The van der Waals surface area contributed by atoms with Crippen molar-refractivity contribution in [1.82, 2.24) is 9.88 Å². The topological polar surface area (TPSA) is 54.5 Å². The summed E-state index contributed by atoms with van der Waals surface area (Å²) in [4.78, 5) is 18.7. The molecule has 24 heavy (non-hydrogen) atoms. The highest BCUT2D eigenvalue weighted by Gasteiger charge is 2.20. The number of ether oxygens (including phenoxy) is 1. The number of carbonyl (C=O) groups excluding carboxylic acids is 1. The van der Waals surface area contributed by atoms with Crippen molar-refractivity contribution in [2.75, 3.05) is 26.0 Å². The van der Waals surface area contributed by atoms with Gasteiger partial charge in [0.1, 0.15) is 11.8 Å². The lowest BCUT2D eigenvalue weighted by atomic mass is 10.1. The first kappa shape index (κ1) is 17.8. The molecule has 2 rings (SSSR count). The Labute approximate surface area is 143 Å². The van der Waals surface area contributed by atoms with Crippen molar-refractivity contribution in [3.05, 3.63) is 54.4 Å². The van der Waals surface area contributed by atoms with E-state index >= 15 is 0 Å². The molecule has 1 aromatic heterocycles. The summed E-state index contributed by atoms with van der Waals surface area (Å²) in [6.45, 7) is 2.65. The third-order valence-corrected chi connectivity index (χ3v) is 3.92. The maximum Gasteiger partial charge on any atom is 0.244 e. The highest BCUT2D eigenvalue weighted by atomic mass is 16.5. The molecule has 1 atom stereocenters. The Morgan fingerprint density at radius 3 is 2.79 bits per heavy atom. The number of pyridine rings is 1. The molecule has 0 radical (unpaired) electrons. The predicted octanol–water partition coefficient (Wildman–Crippen LogP) is 2.98. The number of nitrogens with zero attached hydrogens (tertiary/aromatic N) is 2. The van der Waals surface area contributed by atoms with Crippen LogP contribution in [0.15, 0.2) is 48.7 Å². The largest absolute Gasteiger partial charge is 0.497 e. The zero-order chi connectivity index (χ0) is 17.4. The number of hydrogen-bond acceptors (Lipinski definition) is 4. The molecule has 0 spiro atoms. The molecule has 0 aliphatic heterocycles. The third kappa shape index (κ3) is 4.98. The number of anilines is 1. The zero-order valence-corrected chi connectivity index (χ0v) is 14.5. The van der Waals surface area contributed by atoms with Crippen LogP contribution in [0, 0.1) is 0 Å². The van der Waals surface area contributed by atoms with Crippen molar-refractivity contribution >= 4 is 11.6 Å². The van der Waals surface area contributed by atoms with E-state index in [1.54, 1.807) is 18.2 Å². The number of likely N-dealkylation sites (N-methyl/N-ethyl adjacent to an activating group) is 1. The summed E-state index contributed by atoms with van der Waals surface area (Å²) < 4.78 is 5.22. The van der Waals surface area contributed by atoms with Crippen molar-refractivity contribution in [2.24, 2.45) is 0 Å². The minimum Gasteiger partial charge on any atom is -0.497 e. The third-order valence-electron chi connectivity index (χ3n) is 3.92. The van der Waals surface area contributed by atoms with E-state index in [1.165, 1.54) is 0 Å². The van der Waals surface area contributed by atoms with Gasteiger partial charge in [-0.05, 0) is 30.7 Å². The number of hydrogen-bond donors (Lipinski definition) is 1. The molecule has 0 saturated heterocycles. The van der Waals surface area contributed by atoms with Gasteiger partial charge >= 0.3 is 0 Å². The zero-order valence-electron chi connectivity index (χ0n) is 14.5. The van der Waals surface area contributed by atoms with Crippen LogP contribution in [0.25, 0.3) is 0 Å². The Kier molecular flexibility index (Phi) is 6.61. The van der Waals surface area contributed by atoms with Gasteiger partial charge in [0, 0.05) is 43.7 Å². The van der Waals surface area contributed by atoms with Crippen LogP contribution in [0.3, 0.4) is 0 Å². The van der Waals surface area contributed by atoms with Gasteiger partial charge in [-0.2, -0.15) is 0 Å². The SMILES string of the molecule is CC[C@@H](Nc1cccc(OC)c1)C(=O)N(C)CCc1ccccn1. The van der Waals surface area contributed by atoms with Crippen LogP contribution in [0.5, 0.6) is 5.75 Å². The number of carbonyl (C=O) groups is 1. The minimum atomic E-state index is -0.258. The number of amides is 1. The highest BCUT2D eigenvalue weighted by Crippen LogP contribution is 2.18.